The second-order valence-electron chi connectivity index (χ2n) is 20.1. The molecule has 0 spiro atoms. The first-order valence-corrected chi connectivity index (χ1v) is 39.2. The third-order valence-corrected chi connectivity index (χ3v) is 21.7. The molecule has 86 heavy (non-hydrogen) atoms. The van der Waals surface area contributed by atoms with Gasteiger partial charge in [-0.05, 0) is 114 Å². The van der Waals surface area contributed by atoms with E-state index >= 15 is 0 Å². The van der Waals surface area contributed by atoms with Crippen molar-refractivity contribution in [1.29, 1.82) is 0 Å². The van der Waals surface area contributed by atoms with Crippen molar-refractivity contribution in [3.63, 3.8) is 0 Å². The standard InChI is InChI=1S/C57H102N14O7S8/c1-2-21-68(25-18-64-55(58)59)51(74)14-39-82-36-7-33-80-30-4-23-70(27-20-66-57(62)63)53(76)17-42-86-46-50(73)49(72)45-85-31-5-24-71-44-48-12-10-47(11-13-48)43-67-78-28-6-32-81-35-9-38-83-40-15-52(75)69(26-19-65-56(60)61)22-3-29-79-34-8-37-84-41-16-54(71)77/h2,10-13,43,49-50,72-73H,1,3-9,14-42,44-46H2,(H4,58,59,64)(H4,60,61,65)(H4,62,63,66)/p+3/b67-43-. The molecule has 0 fully saturated rings. The van der Waals surface area contributed by atoms with Gasteiger partial charge in [0.25, 0.3) is 0 Å². The average molecular weight is 1360 g/mol. The van der Waals surface area contributed by atoms with Crippen LogP contribution in [0.5, 0.6) is 0 Å². The van der Waals surface area contributed by atoms with Crippen LogP contribution >= 0.6 is 94.1 Å². The lowest BCUT2D eigenvalue weighted by Crippen LogP contribution is -2.79. The number of oxime groups is 1. The van der Waals surface area contributed by atoms with Gasteiger partial charge in [-0.15, -0.1) is 6.58 Å². The summed E-state index contributed by atoms with van der Waals surface area (Å²) >= 11 is 14.1. The highest BCUT2D eigenvalue weighted by Crippen LogP contribution is 2.18. The molecule has 0 aliphatic carbocycles. The van der Waals surface area contributed by atoms with Crippen LogP contribution in [0.25, 0.3) is 0 Å². The molecule has 4 amide bonds. The molecular formula is C57H105N14O7S8+3. The lowest BCUT2D eigenvalue weighted by atomic mass is 10.1. The highest BCUT2D eigenvalue weighted by Gasteiger charge is 2.20. The monoisotopic (exact) mass is 1350 g/mol. The number of aliphatic hydroxyl groups excluding tert-OH is 2. The van der Waals surface area contributed by atoms with E-state index in [1.807, 2.05) is 86.0 Å². The number of guanidine groups is 3. The van der Waals surface area contributed by atoms with Crippen LogP contribution in [0.2, 0.25) is 0 Å². The maximum absolute atomic E-state index is 13.8. The Morgan fingerprint density at radius 3 is 1.73 bits per heavy atom. The fourth-order valence-corrected chi connectivity index (χ4v) is 15.9. The third kappa shape index (κ3) is 43.5. The second-order valence-corrected chi connectivity index (χ2v) is 29.7. The van der Waals surface area contributed by atoms with Crippen LogP contribution in [0.4, 0.5) is 0 Å². The van der Waals surface area contributed by atoms with Gasteiger partial charge in [-0.1, -0.05) is 35.5 Å². The molecule has 3 rings (SSSR count). The van der Waals surface area contributed by atoms with Crippen molar-refractivity contribution >= 4 is 142 Å². The van der Waals surface area contributed by atoms with Gasteiger partial charge in [-0.3, -0.25) is 68.6 Å². The predicted octanol–water partition coefficient (Wildman–Crippen LogP) is -1.01. The predicted molar refractivity (Wildman–Crippen MR) is 374 cm³/mol. The molecule has 17 N–H and O–H groups in total. The summed E-state index contributed by atoms with van der Waals surface area (Å²) in [6, 6.07) is 8.05. The summed E-state index contributed by atoms with van der Waals surface area (Å²) in [6.45, 7) is 10.1. The van der Waals surface area contributed by atoms with Gasteiger partial charge in [-0.2, -0.15) is 94.1 Å². The normalized spacial score (nSPS) is 16.3. The Morgan fingerprint density at radius 2 is 1.12 bits per heavy atom. The first-order chi connectivity index (χ1) is 41.7. The number of aliphatic hydroxyl groups is 2. The number of carbonyl (C=O) groups is 4. The lowest BCUT2D eigenvalue weighted by Gasteiger charge is -2.23. The minimum atomic E-state index is -0.941. The number of rotatable bonds is 34. The zero-order valence-electron chi connectivity index (χ0n) is 50.8. The largest absolute Gasteiger partial charge is 0.396 e. The van der Waals surface area contributed by atoms with E-state index < -0.39 is 12.2 Å². The lowest BCUT2D eigenvalue weighted by molar-refractivity contribution is -0.459. The van der Waals surface area contributed by atoms with Gasteiger partial charge in [0.1, 0.15) is 6.61 Å². The van der Waals surface area contributed by atoms with Gasteiger partial charge in [0.05, 0.1) is 57.7 Å². The van der Waals surface area contributed by atoms with E-state index in [2.05, 4.69) is 26.7 Å². The van der Waals surface area contributed by atoms with Crippen LogP contribution in [0, 0.1) is 0 Å². The molecule has 2 atom stereocenters. The van der Waals surface area contributed by atoms with Crippen LogP contribution in [0.3, 0.4) is 0 Å². The number of benzene rings is 1. The van der Waals surface area contributed by atoms with E-state index in [0.717, 1.165) is 125 Å². The fraction of sp³-hybridized carbons (Fsp3) is 0.719. The molecule has 2 bridgehead atoms. The molecule has 0 radical (unpaired) electrons. The molecular weight excluding hydrogens is 1250 g/mol. The number of nitrogens with one attached hydrogen (secondary N) is 3. The second kappa shape index (κ2) is 53.7. The van der Waals surface area contributed by atoms with Gasteiger partial charge < -0.3 is 34.7 Å². The van der Waals surface area contributed by atoms with Crippen molar-refractivity contribution in [2.24, 2.45) is 39.6 Å². The number of fused-ring (bicyclic) bond motifs is 28. The first-order valence-electron chi connectivity index (χ1n) is 30.0. The summed E-state index contributed by atoms with van der Waals surface area (Å²) < 4.78 is 0. The van der Waals surface area contributed by atoms with Crippen LogP contribution in [0.1, 0.15) is 81.8 Å². The van der Waals surface area contributed by atoms with E-state index in [1.165, 1.54) is 11.8 Å². The van der Waals surface area contributed by atoms with Crippen LogP contribution in [0.15, 0.2) is 42.1 Å². The number of amides is 4. The summed E-state index contributed by atoms with van der Waals surface area (Å²) in [7, 11) is 0. The minimum Gasteiger partial charge on any atom is -0.396 e. The molecule has 2 heterocycles. The molecule has 1 aromatic carbocycles. The Hall–Kier alpha value is -3.16. The molecule has 0 saturated carbocycles. The van der Waals surface area contributed by atoms with Gasteiger partial charge in [0.2, 0.25) is 23.6 Å². The molecule has 2 unspecified atom stereocenters. The van der Waals surface area contributed by atoms with Crippen molar-refractivity contribution in [1.82, 2.24) is 19.6 Å². The van der Waals surface area contributed by atoms with E-state index in [1.54, 1.807) is 52.5 Å². The molecule has 2 aliphatic heterocycles. The van der Waals surface area contributed by atoms with E-state index in [-0.39, 0.29) is 41.5 Å². The molecule has 0 saturated heterocycles. The van der Waals surface area contributed by atoms with Gasteiger partial charge >= 0.3 is 17.9 Å². The summed E-state index contributed by atoms with van der Waals surface area (Å²) in [5.41, 5.74) is 35.3. The molecule has 2 aliphatic rings. The van der Waals surface area contributed by atoms with Crippen molar-refractivity contribution in [2.45, 2.75) is 89.4 Å². The summed E-state index contributed by atoms with van der Waals surface area (Å²) in [6.07, 6.45) is 9.84. The Labute approximate surface area is 547 Å². The third-order valence-electron chi connectivity index (χ3n) is 12.8. The van der Waals surface area contributed by atoms with Gasteiger partial charge in [-0.25, -0.2) is 0 Å². The van der Waals surface area contributed by atoms with Crippen molar-refractivity contribution in [3.8, 4) is 0 Å². The Bertz CT molecular complexity index is 2100. The summed E-state index contributed by atoms with van der Waals surface area (Å²) in [5.74, 6) is 13.9. The Morgan fingerprint density at radius 1 is 0.616 bits per heavy atom. The van der Waals surface area contributed by atoms with E-state index in [4.69, 9.17) is 39.2 Å². The topological polar surface area (TPSA) is 341 Å². The zero-order valence-corrected chi connectivity index (χ0v) is 57.3. The number of nitrogens with two attached hydrogens (primary N) is 6. The smallest absolute Gasteiger partial charge is 0.338 e. The Kier molecular flexibility index (Phi) is 49.2. The molecule has 1 aromatic rings. The molecule has 29 heteroatoms. The number of carbonyl (C=O) groups excluding carboxylic acids is 4. The SMILES string of the molecule is C=CCN(CC[NH+]=C(N)N)C(=O)CCSCCCSCCCN(CC[NH+]=C(N)N)C(=O)CCSCC(O)C(O)CSCCCN1Cc2ccc(cc2)/C=N\OCCCSCCCSCCC(=O)N(CC[NH+]=C(N)N)CCCSCCCSCCC1=O. The minimum absolute atomic E-state index is 0.0155. The number of nitrogens with zero attached hydrogens (tertiary/aromatic N) is 5. The molecule has 490 valence electrons. The van der Waals surface area contributed by atoms with E-state index in [0.29, 0.717) is 127 Å². The van der Waals surface area contributed by atoms with Crippen LogP contribution in [-0.4, -0.2) is 254 Å². The van der Waals surface area contributed by atoms with Gasteiger partial charge in [0.15, 0.2) is 0 Å². The Balaban J connectivity index is 1.80. The first kappa shape index (κ1) is 78.9. The quantitative estimate of drug-likeness (QED) is 0.0170. The van der Waals surface area contributed by atoms with Crippen molar-refractivity contribution < 1.29 is 49.2 Å². The van der Waals surface area contributed by atoms with Crippen LogP contribution in [-0.2, 0) is 30.6 Å². The zero-order chi connectivity index (χ0) is 62.7. The maximum atomic E-state index is 13.8. The number of hydrogen-bond donors (Lipinski definition) is 11. The maximum Gasteiger partial charge on any atom is 0.338 e. The van der Waals surface area contributed by atoms with Gasteiger partial charge in [0, 0.05) is 92.9 Å². The average Bonchev–Trinajstić information content (AvgIpc) is 3.67. The molecule has 21 nitrogen and oxygen atoms in total. The van der Waals surface area contributed by atoms with Crippen molar-refractivity contribution in [2.75, 3.05) is 164 Å². The van der Waals surface area contributed by atoms with Crippen LogP contribution < -0.4 is 49.4 Å². The molecule has 0 aromatic heterocycles. The van der Waals surface area contributed by atoms with E-state index in [9.17, 15) is 29.4 Å². The summed E-state index contributed by atoms with van der Waals surface area (Å²) in [4.78, 5) is 74.6. The highest BCUT2D eigenvalue weighted by molar-refractivity contribution is 8.01. The highest BCUT2D eigenvalue weighted by atomic mass is 32.2. The number of thioether (sulfide) groups is 8. The van der Waals surface area contributed by atoms with Crippen molar-refractivity contribution in [3.05, 3.63) is 48.0 Å². The number of hydrogen-bond acceptors (Lipinski definition) is 16. The summed E-state index contributed by atoms with van der Waals surface area (Å²) in [5, 5.41) is 25.9. The fourth-order valence-electron chi connectivity index (χ4n) is 8.17.